The second kappa shape index (κ2) is 31.1. The summed E-state index contributed by atoms with van der Waals surface area (Å²) in [6, 6.07) is 0. The number of thiazole rings is 1. The fourth-order valence-electron chi connectivity index (χ4n) is 4.32. The number of hydrogen-bond donors (Lipinski definition) is 1. The third-order valence-corrected chi connectivity index (χ3v) is 7.30. The van der Waals surface area contributed by atoms with Crippen molar-refractivity contribution in [2.45, 2.75) is 135 Å². The molecule has 0 aliphatic heterocycles. The maximum atomic E-state index is 11.7. The molecule has 0 aromatic carbocycles. The molecule has 1 N–H and O–H groups in total. The van der Waals surface area contributed by atoms with Crippen LogP contribution in [0.5, 0.6) is 0 Å². The van der Waals surface area contributed by atoms with Crippen molar-refractivity contribution >= 4 is 17.4 Å². The summed E-state index contributed by atoms with van der Waals surface area (Å²) in [7, 11) is 0. The largest absolute Gasteiger partial charge is 1.00 e. The topological polar surface area (TPSA) is 60.7 Å². The van der Waals surface area contributed by atoms with E-state index in [4.69, 9.17) is 14.2 Å². The van der Waals surface area contributed by atoms with E-state index >= 15 is 0 Å². The number of rotatable bonds is 28. The van der Waals surface area contributed by atoms with Crippen LogP contribution in [0.15, 0.2) is 17.1 Å². The maximum Gasteiger partial charge on any atom is 0.409 e. The van der Waals surface area contributed by atoms with E-state index in [0.29, 0.717) is 19.8 Å². The van der Waals surface area contributed by atoms with Crippen molar-refractivity contribution in [1.29, 1.82) is 0 Å². The predicted octanol–water partition coefficient (Wildman–Crippen LogP) is 5.19. The molecule has 1 amide bonds. The summed E-state index contributed by atoms with van der Waals surface area (Å²) in [4.78, 5) is 11.7. The molecule has 8 heteroatoms. The van der Waals surface area contributed by atoms with Gasteiger partial charge in [0.25, 0.3) is 0 Å². The van der Waals surface area contributed by atoms with Gasteiger partial charge in [0.15, 0.2) is 13.0 Å². The smallest absolute Gasteiger partial charge is 0.409 e. The number of nitrogens with zero attached hydrogens (tertiary/aromatic N) is 1. The van der Waals surface area contributed by atoms with Gasteiger partial charge in [0.1, 0.15) is 6.54 Å². The minimum atomic E-state index is -0.388. The Labute approximate surface area is 255 Å². The van der Waals surface area contributed by atoms with Crippen LogP contribution in [0.3, 0.4) is 0 Å². The molecule has 0 radical (unpaired) electrons. The zero-order valence-electron chi connectivity index (χ0n) is 24.3. The van der Waals surface area contributed by atoms with Crippen molar-refractivity contribution in [1.82, 2.24) is 5.32 Å². The van der Waals surface area contributed by atoms with Crippen LogP contribution in [0.1, 0.15) is 129 Å². The number of aryl methyl sites for hydroxylation is 1. The van der Waals surface area contributed by atoms with Crippen molar-refractivity contribution in [3.63, 3.8) is 0 Å². The Hall–Kier alpha value is -0.450. The standard InChI is InChI=1S/C30H56N2O4S.HI/c1-2-3-4-5-6-7-8-9-10-11-12-13-14-15-16-17-21-31-30(33)36-29-35-26-20-25-34-24-19-18-22-32-23-27-37-28-32;/h23,27-28H,2-22,24-26,29H2,1H3;1H. The van der Waals surface area contributed by atoms with Crippen molar-refractivity contribution in [2.24, 2.45) is 0 Å². The highest BCUT2D eigenvalue weighted by Gasteiger charge is 2.02. The van der Waals surface area contributed by atoms with Crippen molar-refractivity contribution in [3.05, 3.63) is 17.1 Å². The van der Waals surface area contributed by atoms with E-state index in [1.165, 1.54) is 96.3 Å². The summed E-state index contributed by atoms with van der Waals surface area (Å²) in [5, 5.41) is 4.90. The average Bonchev–Trinajstić information content (AvgIpc) is 3.42. The molecule has 0 atom stereocenters. The Balaban J connectivity index is 0.0000137. The third-order valence-electron chi connectivity index (χ3n) is 6.63. The molecule has 0 unspecified atom stereocenters. The van der Waals surface area contributed by atoms with Gasteiger partial charge in [-0.25, -0.2) is 4.79 Å². The second-order valence-electron chi connectivity index (χ2n) is 10.1. The number of nitrogens with one attached hydrogen (secondary N) is 1. The van der Waals surface area contributed by atoms with Crippen molar-refractivity contribution in [3.8, 4) is 0 Å². The number of carbonyl (C=O) groups excluding carboxylic acids is 1. The summed E-state index contributed by atoms with van der Waals surface area (Å²) >= 11 is 1.72. The molecular formula is C30H57IN2O4S. The molecule has 0 saturated carbocycles. The molecule has 1 aromatic rings. The highest BCUT2D eigenvalue weighted by Crippen LogP contribution is 2.13. The molecule has 0 aliphatic rings. The molecular weight excluding hydrogens is 611 g/mol. The minimum absolute atomic E-state index is 0. The van der Waals surface area contributed by atoms with Gasteiger partial charge in [-0.2, -0.15) is 4.57 Å². The van der Waals surface area contributed by atoms with Gasteiger partial charge in [0, 0.05) is 26.2 Å². The molecule has 224 valence electrons. The van der Waals surface area contributed by atoms with Gasteiger partial charge in [-0.05, 0) is 19.3 Å². The van der Waals surface area contributed by atoms with E-state index in [2.05, 4.69) is 33.9 Å². The number of alkyl carbamates (subject to hydrolysis) is 1. The minimum Gasteiger partial charge on any atom is -1.00 e. The number of ether oxygens (including phenoxy) is 3. The highest BCUT2D eigenvalue weighted by atomic mass is 127. The van der Waals surface area contributed by atoms with E-state index in [9.17, 15) is 4.79 Å². The maximum absolute atomic E-state index is 11.7. The van der Waals surface area contributed by atoms with Crippen LogP contribution < -0.4 is 33.9 Å². The lowest BCUT2D eigenvalue weighted by Crippen LogP contribution is -3.00. The summed E-state index contributed by atoms with van der Waals surface area (Å²) in [5.74, 6) is 0. The van der Waals surface area contributed by atoms with Crippen LogP contribution in [-0.4, -0.2) is 39.3 Å². The number of halogens is 1. The number of aromatic nitrogens is 1. The monoisotopic (exact) mass is 668 g/mol. The number of hydrogen-bond acceptors (Lipinski definition) is 5. The van der Waals surface area contributed by atoms with Gasteiger partial charge in [0.05, 0.1) is 12.0 Å². The van der Waals surface area contributed by atoms with Gasteiger partial charge in [-0.1, -0.05) is 115 Å². The van der Waals surface area contributed by atoms with E-state index in [0.717, 1.165) is 38.8 Å². The molecule has 6 nitrogen and oxygen atoms in total. The fraction of sp³-hybridized carbons (Fsp3) is 0.867. The molecule has 38 heavy (non-hydrogen) atoms. The fourth-order valence-corrected chi connectivity index (χ4v) is 4.95. The van der Waals surface area contributed by atoms with Crippen LogP contribution in [0, 0.1) is 0 Å². The van der Waals surface area contributed by atoms with Crippen molar-refractivity contribution < 1.29 is 47.5 Å². The van der Waals surface area contributed by atoms with Gasteiger partial charge < -0.3 is 43.5 Å². The summed E-state index contributed by atoms with van der Waals surface area (Å²) in [6.07, 6.45) is 26.3. The van der Waals surface area contributed by atoms with Gasteiger partial charge >= 0.3 is 6.09 Å². The summed E-state index contributed by atoms with van der Waals surface area (Å²) in [5.41, 5.74) is 2.13. The van der Waals surface area contributed by atoms with Crippen LogP contribution in [-0.2, 0) is 20.8 Å². The Morgan fingerprint density at radius 2 is 1.26 bits per heavy atom. The molecule has 1 rings (SSSR count). The number of unbranched alkanes of at least 4 members (excludes halogenated alkanes) is 16. The molecule has 0 saturated heterocycles. The SMILES string of the molecule is CCCCCCCCCCCCCCCCCCNC(=O)OCOCCCOCCCC[n+]1ccsc1.[I-]. The Morgan fingerprint density at radius 1 is 0.711 bits per heavy atom. The molecule has 0 bridgehead atoms. The van der Waals surface area contributed by atoms with Crippen LogP contribution in [0.4, 0.5) is 4.79 Å². The van der Waals surface area contributed by atoms with Gasteiger partial charge in [-0.15, -0.1) is 0 Å². The zero-order valence-corrected chi connectivity index (χ0v) is 27.3. The zero-order chi connectivity index (χ0) is 26.5. The lowest BCUT2D eigenvalue weighted by Gasteiger charge is -2.08. The molecule has 1 heterocycles. The Bertz CT molecular complexity index is 593. The first-order valence-electron chi connectivity index (χ1n) is 15.3. The summed E-state index contributed by atoms with van der Waals surface area (Å²) < 4.78 is 18.2. The van der Waals surface area contributed by atoms with Crippen LogP contribution in [0.25, 0.3) is 0 Å². The lowest BCUT2D eigenvalue weighted by molar-refractivity contribution is -0.692. The third kappa shape index (κ3) is 27.1. The van der Waals surface area contributed by atoms with E-state index in [1.807, 2.05) is 0 Å². The molecule has 0 aliphatic carbocycles. The van der Waals surface area contributed by atoms with E-state index in [-0.39, 0.29) is 36.9 Å². The average molecular weight is 669 g/mol. The van der Waals surface area contributed by atoms with E-state index < -0.39 is 0 Å². The van der Waals surface area contributed by atoms with Gasteiger partial charge in [-0.3, -0.25) is 0 Å². The molecule has 1 aromatic heterocycles. The quantitative estimate of drug-likeness (QED) is 0.0579. The number of amides is 1. The second-order valence-corrected chi connectivity index (χ2v) is 10.9. The lowest BCUT2D eigenvalue weighted by atomic mass is 10.0. The highest BCUT2D eigenvalue weighted by molar-refractivity contribution is 7.07. The van der Waals surface area contributed by atoms with Crippen LogP contribution >= 0.6 is 11.3 Å². The Morgan fingerprint density at radius 3 is 1.84 bits per heavy atom. The number of carbonyl (C=O) groups is 1. The molecule has 0 spiro atoms. The first kappa shape index (κ1) is 37.6. The van der Waals surface area contributed by atoms with E-state index in [1.54, 1.807) is 11.3 Å². The van der Waals surface area contributed by atoms with Crippen molar-refractivity contribution in [2.75, 3.05) is 33.2 Å². The Kier molecular flexibility index (Phi) is 30.7. The predicted molar refractivity (Wildman–Crippen MR) is 154 cm³/mol. The van der Waals surface area contributed by atoms with Crippen LogP contribution in [0.2, 0.25) is 0 Å². The summed E-state index contributed by atoms with van der Waals surface area (Å²) in [6.45, 7) is 6.01. The molecule has 0 fully saturated rings. The first-order valence-corrected chi connectivity index (χ1v) is 16.2. The first-order chi connectivity index (χ1) is 18.3. The normalized spacial score (nSPS) is 10.9. The van der Waals surface area contributed by atoms with Gasteiger partial charge in [0.2, 0.25) is 5.51 Å².